The fraction of sp³-hybridized carbons (Fsp3) is 0.520. The lowest BCUT2D eigenvalue weighted by atomic mass is 9.89. The maximum Gasteiger partial charge on any atom is 0.243 e. The predicted molar refractivity (Wildman–Crippen MR) is 121 cm³/mol. The van der Waals surface area contributed by atoms with Gasteiger partial charge in [-0.05, 0) is 62.8 Å². The Labute approximate surface area is 185 Å². The molecular weight excluding hydrogens is 390 g/mol. The first-order valence-corrected chi connectivity index (χ1v) is 11.6. The summed E-state index contributed by atoms with van der Waals surface area (Å²) in [5.74, 6) is -0.131. The van der Waals surface area contributed by atoms with Crippen LogP contribution in [0.15, 0.2) is 54.1 Å². The second-order valence-corrected chi connectivity index (χ2v) is 8.44. The zero-order chi connectivity index (χ0) is 21.9. The van der Waals surface area contributed by atoms with Crippen LogP contribution in [-0.4, -0.2) is 41.6 Å². The fourth-order valence-corrected chi connectivity index (χ4v) is 4.50. The average Bonchev–Trinajstić information content (AvgIpc) is 2.83. The van der Waals surface area contributed by atoms with Crippen LogP contribution in [0.3, 0.4) is 0 Å². The Bertz CT molecular complexity index is 767. The number of hydrogen-bond acceptors (Lipinski definition) is 4. The molecule has 6 heteroatoms. The Morgan fingerprint density at radius 3 is 2.52 bits per heavy atom. The molecular formula is C25H35N3O3. The molecule has 1 aliphatic carbocycles. The number of benzene rings is 1. The molecule has 2 aliphatic rings. The number of hydroxylamine groups is 1. The molecule has 1 unspecified atom stereocenters. The van der Waals surface area contributed by atoms with E-state index in [-0.39, 0.29) is 23.8 Å². The number of amides is 2. The van der Waals surface area contributed by atoms with Gasteiger partial charge in [0.05, 0.1) is 6.04 Å². The molecule has 0 bridgehead atoms. The maximum atomic E-state index is 12.6. The molecule has 0 spiro atoms. The summed E-state index contributed by atoms with van der Waals surface area (Å²) in [6.07, 6.45) is 13.6. The van der Waals surface area contributed by atoms with E-state index in [9.17, 15) is 9.59 Å². The van der Waals surface area contributed by atoms with E-state index in [2.05, 4.69) is 58.8 Å². The van der Waals surface area contributed by atoms with Crippen molar-refractivity contribution in [2.75, 3.05) is 19.6 Å². The van der Waals surface area contributed by atoms with E-state index in [0.717, 1.165) is 51.6 Å². The molecule has 31 heavy (non-hydrogen) atoms. The lowest BCUT2D eigenvalue weighted by Crippen LogP contribution is -2.42. The molecule has 2 amide bonds. The number of carbonyl (C=O) groups is 2. The Morgan fingerprint density at radius 1 is 1.06 bits per heavy atom. The summed E-state index contributed by atoms with van der Waals surface area (Å²) in [4.78, 5) is 26.1. The topological polar surface area (TPSA) is 81.7 Å². The van der Waals surface area contributed by atoms with Crippen molar-refractivity contribution in [3.8, 4) is 0 Å². The van der Waals surface area contributed by atoms with Crippen molar-refractivity contribution in [3.05, 3.63) is 59.7 Å². The maximum absolute atomic E-state index is 12.6. The van der Waals surface area contributed by atoms with Crippen LogP contribution in [0.25, 0.3) is 0 Å². The van der Waals surface area contributed by atoms with Gasteiger partial charge < -0.3 is 5.32 Å². The number of hydrogen-bond donors (Lipinski definition) is 3. The van der Waals surface area contributed by atoms with Crippen molar-refractivity contribution >= 4 is 11.8 Å². The molecule has 6 nitrogen and oxygen atoms in total. The SMILES string of the molecule is O=C(CCCCCNC(=O)C1CCN(C(C2=CCCC=C2)c2ccccc2)CC1)NO. The molecule has 1 aromatic rings. The average molecular weight is 426 g/mol. The van der Waals surface area contributed by atoms with Crippen LogP contribution in [0.5, 0.6) is 0 Å². The van der Waals surface area contributed by atoms with E-state index in [1.807, 2.05) is 0 Å². The van der Waals surface area contributed by atoms with Gasteiger partial charge in [0.15, 0.2) is 0 Å². The normalized spacial score (nSPS) is 18.3. The molecule has 1 atom stereocenters. The van der Waals surface area contributed by atoms with Crippen molar-refractivity contribution in [1.29, 1.82) is 0 Å². The number of carbonyl (C=O) groups excluding carboxylic acids is 2. The Kier molecular flexibility index (Phi) is 9.31. The first kappa shape index (κ1) is 23.2. The number of unbranched alkanes of at least 4 members (excludes halogenated alkanes) is 2. The van der Waals surface area contributed by atoms with E-state index < -0.39 is 0 Å². The first-order valence-electron chi connectivity index (χ1n) is 11.6. The predicted octanol–water partition coefficient (Wildman–Crippen LogP) is 3.90. The highest BCUT2D eigenvalue weighted by molar-refractivity contribution is 5.78. The highest BCUT2D eigenvalue weighted by atomic mass is 16.5. The third kappa shape index (κ3) is 7.04. The quantitative estimate of drug-likeness (QED) is 0.302. The van der Waals surface area contributed by atoms with Crippen molar-refractivity contribution in [2.45, 2.75) is 57.4 Å². The highest BCUT2D eigenvalue weighted by Gasteiger charge is 2.30. The minimum Gasteiger partial charge on any atom is -0.356 e. The van der Waals surface area contributed by atoms with E-state index in [4.69, 9.17) is 5.21 Å². The summed E-state index contributed by atoms with van der Waals surface area (Å²) in [6, 6.07) is 10.9. The molecule has 1 aliphatic heterocycles. The highest BCUT2D eigenvalue weighted by Crippen LogP contribution is 2.34. The summed E-state index contributed by atoms with van der Waals surface area (Å²) in [7, 11) is 0. The van der Waals surface area contributed by atoms with Gasteiger partial charge in [-0.3, -0.25) is 19.7 Å². The Balaban J connectivity index is 1.46. The van der Waals surface area contributed by atoms with E-state index >= 15 is 0 Å². The molecule has 0 saturated carbocycles. The molecule has 1 saturated heterocycles. The van der Waals surface area contributed by atoms with Gasteiger partial charge in [-0.25, -0.2) is 5.48 Å². The molecule has 168 valence electrons. The van der Waals surface area contributed by atoms with Gasteiger partial charge in [0.2, 0.25) is 11.8 Å². The fourth-order valence-electron chi connectivity index (χ4n) is 4.50. The summed E-state index contributed by atoms with van der Waals surface area (Å²) in [5, 5.41) is 11.5. The van der Waals surface area contributed by atoms with Crippen molar-refractivity contribution in [2.24, 2.45) is 5.92 Å². The van der Waals surface area contributed by atoms with Gasteiger partial charge in [-0.2, -0.15) is 0 Å². The van der Waals surface area contributed by atoms with Crippen LogP contribution in [0, 0.1) is 5.92 Å². The molecule has 1 fully saturated rings. The molecule has 3 rings (SSSR count). The molecule has 1 heterocycles. The minimum atomic E-state index is -0.357. The molecule has 0 aromatic heterocycles. The molecule has 1 aromatic carbocycles. The van der Waals surface area contributed by atoms with Crippen molar-refractivity contribution in [3.63, 3.8) is 0 Å². The summed E-state index contributed by atoms with van der Waals surface area (Å²) < 4.78 is 0. The standard InChI is InChI=1S/C25H35N3O3/c29-23(27-31)14-8-3-9-17-26-25(30)22-15-18-28(19-16-22)24(20-10-4-1-5-11-20)21-12-6-2-7-13-21/h1,4-6,10-13,22,24,31H,2-3,7-9,14-19H2,(H,26,30)(H,27,29). The van der Waals surface area contributed by atoms with Crippen molar-refractivity contribution in [1.82, 2.24) is 15.7 Å². The van der Waals surface area contributed by atoms with Gasteiger partial charge in [-0.1, -0.05) is 55.0 Å². The van der Waals surface area contributed by atoms with Gasteiger partial charge >= 0.3 is 0 Å². The second-order valence-electron chi connectivity index (χ2n) is 8.44. The number of piperidine rings is 1. The lowest BCUT2D eigenvalue weighted by molar-refractivity contribution is -0.129. The minimum absolute atomic E-state index is 0.0729. The number of nitrogens with zero attached hydrogens (tertiary/aromatic N) is 1. The van der Waals surface area contributed by atoms with Crippen LogP contribution in [0.4, 0.5) is 0 Å². The monoisotopic (exact) mass is 425 g/mol. The van der Waals surface area contributed by atoms with Gasteiger partial charge in [0, 0.05) is 18.9 Å². The summed E-state index contributed by atoms with van der Waals surface area (Å²) in [5.41, 5.74) is 4.33. The molecule has 0 radical (unpaired) electrons. The largest absolute Gasteiger partial charge is 0.356 e. The second kappa shape index (κ2) is 12.4. The zero-order valence-corrected chi connectivity index (χ0v) is 18.3. The Morgan fingerprint density at radius 2 is 1.84 bits per heavy atom. The smallest absolute Gasteiger partial charge is 0.243 e. The third-order valence-corrected chi connectivity index (χ3v) is 6.22. The molecule has 3 N–H and O–H groups in total. The first-order chi connectivity index (χ1) is 15.2. The van der Waals surface area contributed by atoms with E-state index in [1.165, 1.54) is 11.1 Å². The third-order valence-electron chi connectivity index (χ3n) is 6.22. The number of rotatable bonds is 10. The van der Waals surface area contributed by atoms with Crippen LogP contribution < -0.4 is 10.8 Å². The van der Waals surface area contributed by atoms with E-state index in [1.54, 1.807) is 5.48 Å². The van der Waals surface area contributed by atoms with E-state index in [0.29, 0.717) is 19.4 Å². The zero-order valence-electron chi connectivity index (χ0n) is 18.3. The van der Waals surface area contributed by atoms with Crippen LogP contribution in [0.1, 0.15) is 63.0 Å². The lowest BCUT2D eigenvalue weighted by Gasteiger charge is -2.38. The van der Waals surface area contributed by atoms with Crippen LogP contribution in [0.2, 0.25) is 0 Å². The number of likely N-dealkylation sites (tertiary alicyclic amines) is 1. The Hall–Kier alpha value is -2.44. The van der Waals surface area contributed by atoms with Gasteiger partial charge in [0.1, 0.15) is 0 Å². The summed E-state index contributed by atoms with van der Waals surface area (Å²) >= 11 is 0. The van der Waals surface area contributed by atoms with Crippen LogP contribution in [-0.2, 0) is 9.59 Å². The number of nitrogens with one attached hydrogen (secondary N) is 2. The van der Waals surface area contributed by atoms with Crippen molar-refractivity contribution < 1.29 is 14.8 Å². The number of allylic oxidation sites excluding steroid dienone is 2. The van der Waals surface area contributed by atoms with Gasteiger partial charge in [0.25, 0.3) is 0 Å². The summed E-state index contributed by atoms with van der Waals surface area (Å²) in [6.45, 7) is 2.47. The van der Waals surface area contributed by atoms with Crippen LogP contribution >= 0.6 is 0 Å². The van der Waals surface area contributed by atoms with Gasteiger partial charge in [-0.15, -0.1) is 0 Å².